The fourth-order valence-electron chi connectivity index (χ4n) is 3.84. The Hall–Kier alpha value is -0.0800. The molecule has 1 aliphatic carbocycles. The maximum absolute atomic E-state index is 5.89. The van der Waals surface area contributed by atoms with E-state index in [-0.39, 0.29) is 0 Å². The monoisotopic (exact) mass is 238 g/mol. The average molecular weight is 238 g/mol. The summed E-state index contributed by atoms with van der Waals surface area (Å²) >= 11 is 0. The van der Waals surface area contributed by atoms with Gasteiger partial charge in [-0.3, -0.25) is 0 Å². The lowest BCUT2D eigenvalue weighted by Gasteiger charge is -2.45. The van der Waals surface area contributed by atoms with Crippen LogP contribution in [0.1, 0.15) is 52.9 Å². The molecule has 1 heterocycles. The summed E-state index contributed by atoms with van der Waals surface area (Å²) in [5.41, 5.74) is 6.31. The van der Waals surface area contributed by atoms with Gasteiger partial charge < -0.3 is 10.6 Å². The van der Waals surface area contributed by atoms with Crippen molar-refractivity contribution in [1.29, 1.82) is 0 Å². The van der Waals surface area contributed by atoms with Gasteiger partial charge in [0.15, 0.2) is 0 Å². The molecule has 2 fully saturated rings. The van der Waals surface area contributed by atoms with Crippen LogP contribution in [0, 0.1) is 17.3 Å². The maximum Gasteiger partial charge on any atom is 0.0100 e. The molecule has 2 nitrogen and oxygen atoms in total. The molecule has 1 aliphatic heterocycles. The summed E-state index contributed by atoms with van der Waals surface area (Å²) in [5.74, 6) is 1.85. The molecule has 0 bridgehead atoms. The summed E-state index contributed by atoms with van der Waals surface area (Å²) in [7, 11) is 0. The van der Waals surface area contributed by atoms with Crippen LogP contribution in [0.25, 0.3) is 0 Å². The van der Waals surface area contributed by atoms with E-state index in [2.05, 4.69) is 25.7 Å². The zero-order chi connectivity index (χ0) is 12.5. The first-order chi connectivity index (χ1) is 8.02. The minimum Gasteiger partial charge on any atom is -0.330 e. The zero-order valence-electron chi connectivity index (χ0n) is 11.9. The van der Waals surface area contributed by atoms with Crippen LogP contribution in [0.3, 0.4) is 0 Å². The third-order valence-corrected chi connectivity index (χ3v) is 5.17. The first kappa shape index (κ1) is 13.4. The van der Waals surface area contributed by atoms with Gasteiger partial charge in [0.1, 0.15) is 0 Å². The van der Waals surface area contributed by atoms with Gasteiger partial charge in [-0.05, 0) is 69.0 Å². The first-order valence-electron chi connectivity index (χ1n) is 7.46. The van der Waals surface area contributed by atoms with E-state index in [1.54, 1.807) is 0 Å². The highest BCUT2D eigenvalue weighted by atomic mass is 15.2. The Bertz CT molecular complexity index is 233. The second-order valence-corrected chi connectivity index (χ2v) is 7.12. The normalized spacial score (nSPS) is 39.2. The summed E-state index contributed by atoms with van der Waals surface area (Å²) < 4.78 is 0. The highest BCUT2D eigenvalue weighted by molar-refractivity contribution is 4.88. The van der Waals surface area contributed by atoms with Crippen molar-refractivity contribution >= 4 is 0 Å². The molecule has 2 heteroatoms. The van der Waals surface area contributed by atoms with Gasteiger partial charge in [-0.15, -0.1) is 0 Å². The molecular formula is C15H30N2. The summed E-state index contributed by atoms with van der Waals surface area (Å²) in [6.07, 6.45) is 6.86. The molecule has 0 amide bonds. The van der Waals surface area contributed by atoms with Crippen LogP contribution in [0.5, 0.6) is 0 Å². The number of hydrogen-bond donors (Lipinski definition) is 1. The molecule has 2 aliphatic rings. The highest BCUT2D eigenvalue weighted by Crippen LogP contribution is 2.36. The minimum atomic E-state index is 0.419. The summed E-state index contributed by atoms with van der Waals surface area (Å²) in [6, 6.07) is 0.857. The third kappa shape index (κ3) is 3.23. The fraction of sp³-hybridized carbons (Fsp3) is 1.00. The molecule has 1 saturated heterocycles. The van der Waals surface area contributed by atoms with Crippen molar-refractivity contribution in [3.05, 3.63) is 0 Å². The average Bonchev–Trinajstić information content (AvgIpc) is 2.29. The van der Waals surface area contributed by atoms with Crippen molar-refractivity contribution in [1.82, 2.24) is 4.90 Å². The zero-order valence-corrected chi connectivity index (χ0v) is 11.9. The van der Waals surface area contributed by atoms with Crippen LogP contribution in [0.15, 0.2) is 0 Å². The molecule has 0 aromatic heterocycles. The van der Waals surface area contributed by atoms with Crippen molar-refractivity contribution < 1.29 is 0 Å². The predicted octanol–water partition coefficient (Wildman–Crippen LogP) is 2.87. The molecule has 100 valence electrons. The molecule has 2 unspecified atom stereocenters. The van der Waals surface area contributed by atoms with Crippen LogP contribution < -0.4 is 5.73 Å². The highest BCUT2D eigenvalue weighted by Gasteiger charge is 2.34. The van der Waals surface area contributed by atoms with Gasteiger partial charge in [0.25, 0.3) is 0 Å². The topological polar surface area (TPSA) is 29.3 Å². The number of rotatable bonds is 2. The summed E-state index contributed by atoms with van der Waals surface area (Å²) in [6.45, 7) is 10.6. The van der Waals surface area contributed by atoms with E-state index in [1.165, 1.54) is 45.2 Å². The molecule has 1 saturated carbocycles. The van der Waals surface area contributed by atoms with Crippen LogP contribution in [-0.2, 0) is 0 Å². The van der Waals surface area contributed by atoms with Gasteiger partial charge in [0.05, 0.1) is 0 Å². The predicted molar refractivity (Wildman–Crippen MR) is 73.9 cm³/mol. The maximum atomic E-state index is 5.89. The van der Waals surface area contributed by atoms with Gasteiger partial charge in [-0.2, -0.15) is 0 Å². The van der Waals surface area contributed by atoms with E-state index in [1.807, 2.05) is 0 Å². The van der Waals surface area contributed by atoms with E-state index >= 15 is 0 Å². The van der Waals surface area contributed by atoms with Crippen molar-refractivity contribution in [2.75, 3.05) is 19.6 Å². The van der Waals surface area contributed by atoms with Gasteiger partial charge in [0.2, 0.25) is 0 Å². The molecule has 2 atom stereocenters. The van der Waals surface area contributed by atoms with E-state index in [4.69, 9.17) is 5.73 Å². The number of nitrogens with two attached hydrogens (primary N) is 1. The lowest BCUT2D eigenvalue weighted by molar-refractivity contribution is 0.0500. The smallest absolute Gasteiger partial charge is 0.0100 e. The van der Waals surface area contributed by atoms with Crippen LogP contribution in [0.2, 0.25) is 0 Å². The first-order valence-corrected chi connectivity index (χ1v) is 7.46. The van der Waals surface area contributed by atoms with Gasteiger partial charge in [-0.25, -0.2) is 0 Å². The Morgan fingerprint density at radius 3 is 2.06 bits per heavy atom. The summed E-state index contributed by atoms with van der Waals surface area (Å²) in [4.78, 5) is 2.75. The second-order valence-electron chi connectivity index (χ2n) is 7.12. The number of likely N-dealkylation sites (tertiary alicyclic amines) is 1. The summed E-state index contributed by atoms with van der Waals surface area (Å²) in [5, 5.41) is 0. The largest absolute Gasteiger partial charge is 0.330 e. The fourth-order valence-corrected chi connectivity index (χ4v) is 3.84. The van der Waals surface area contributed by atoms with Crippen LogP contribution >= 0.6 is 0 Å². The third-order valence-electron chi connectivity index (χ3n) is 5.17. The lowest BCUT2D eigenvalue weighted by Crippen LogP contribution is -2.48. The van der Waals surface area contributed by atoms with E-state index in [0.29, 0.717) is 5.41 Å². The molecule has 17 heavy (non-hydrogen) atoms. The molecule has 2 N–H and O–H groups in total. The molecule has 0 spiro atoms. The Labute approximate surface area is 107 Å². The van der Waals surface area contributed by atoms with Gasteiger partial charge in [-0.1, -0.05) is 20.8 Å². The van der Waals surface area contributed by atoms with Crippen molar-refractivity contribution in [3.8, 4) is 0 Å². The Morgan fingerprint density at radius 1 is 1.06 bits per heavy atom. The van der Waals surface area contributed by atoms with E-state index < -0.39 is 0 Å². The Morgan fingerprint density at radius 2 is 1.59 bits per heavy atom. The molecular weight excluding hydrogens is 208 g/mol. The van der Waals surface area contributed by atoms with Crippen LogP contribution in [-0.4, -0.2) is 30.6 Å². The Balaban J connectivity index is 1.88. The number of nitrogens with zero attached hydrogens (tertiary/aromatic N) is 1. The number of hydrogen-bond acceptors (Lipinski definition) is 2. The second kappa shape index (κ2) is 5.27. The van der Waals surface area contributed by atoms with E-state index in [9.17, 15) is 0 Å². The minimum absolute atomic E-state index is 0.419. The molecule has 0 radical (unpaired) electrons. The van der Waals surface area contributed by atoms with Gasteiger partial charge >= 0.3 is 0 Å². The molecule has 0 aromatic carbocycles. The van der Waals surface area contributed by atoms with Crippen molar-refractivity contribution in [3.63, 3.8) is 0 Å². The quantitative estimate of drug-likeness (QED) is 0.801. The molecule has 0 aromatic rings. The standard InChI is InChI=1S/C15H30N2/c1-12-8-13(2)10-14(9-12)17-6-4-15(3,11-16)5-7-17/h12-14H,4-11,16H2,1-3H3. The SMILES string of the molecule is CC1CC(C)CC(N2CCC(C)(CN)CC2)C1. The van der Waals surface area contributed by atoms with Crippen LogP contribution in [0.4, 0.5) is 0 Å². The number of piperidine rings is 1. The van der Waals surface area contributed by atoms with Crippen molar-refractivity contribution in [2.24, 2.45) is 23.0 Å². The van der Waals surface area contributed by atoms with Gasteiger partial charge in [0, 0.05) is 6.04 Å². The van der Waals surface area contributed by atoms with Crippen molar-refractivity contribution in [2.45, 2.75) is 58.9 Å². The molecule has 2 rings (SSSR count). The van der Waals surface area contributed by atoms with E-state index in [0.717, 1.165) is 24.4 Å². The lowest BCUT2D eigenvalue weighted by atomic mass is 9.76. The Kier molecular flexibility index (Phi) is 4.14.